The highest BCUT2D eigenvalue weighted by Gasteiger charge is 2.05. The molecule has 0 saturated carbocycles. The standard InChI is InChI=1S/C11H13N3O4/c12-9(15)6-14-11(18)13-5-7-2-1-3-8(4-7)10(16)17/h1-4H,5-6H2,(H2,12,15)(H,16,17)(H2,13,14,18). The van der Waals surface area contributed by atoms with E-state index in [1.807, 2.05) is 0 Å². The Balaban J connectivity index is 2.48. The average molecular weight is 251 g/mol. The number of primary amides is 1. The van der Waals surface area contributed by atoms with Gasteiger partial charge in [0.25, 0.3) is 0 Å². The van der Waals surface area contributed by atoms with Gasteiger partial charge in [0.1, 0.15) is 0 Å². The Morgan fingerprint density at radius 1 is 1.22 bits per heavy atom. The minimum Gasteiger partial charge on any atom is -0.478 e. The van der Waals surface area contributed by atoms with E-state index in [-0.39, 0.29) is 18.7 Å². The van der Waals surface area contributed by atoms with Gasteiger partial charge >= 0.3 is 12.0 Å². The van der Waals surface area contributed by atoms with E-state index >= 15 is 0 Å². The summed E-state index contributed by atoms with van der Waals surface area (Å²) in [6.45, 7) is -0.0906. The highest BCUT2D eigenvalue weighted by molar-refractivity contribution is 5.87. The maximum atomic E-state index is 11.2. The monoisotopic (exact) mass is 251 g/mol. The number of urea groups is 1. The average Bonchev–Trinajstić information content (AvgIpc) is 2.34. The number of rotatable bonds is 5. The molecule has 0 aromatic heterocycles. The Morgan fingerprint density at radius 2 is 1.94 bits per heavy atom. The van der Waals surface area contributed by atoms with Gasteiger partial charge in [-0.2, -0.15) is 0 Å². The lowest BCUT2D eigenvalue weighted by molar-refractivity contribution is -0.117. The second kappa shape index (κ2) is 6.24. The highest BCUT2D eigenvalue weighted by Crippen LogP contribution is 2.04. The first-order chi connectivity index (χ1) is 8.49. The second-order valence-electron chi connectivity index (χ2n) is 3.51. The molecule has 0 atom stereocenters. The second-order valence-corrected chi connectivity index (χ2v) is 3.51. The van der Waals surface area contributed by atoms with Crippen molar-refractivity contribution in [2.45, 2.75) is 6.54 Å². The Bertz CT molecular complexity index is 473. The van der Waals surface area contributed by atoms with Crippen LogP contribution in [0.3, 0.4) is 0 Å². The van der Waals surface area contributed by atoms with Gasteiger partial charge in [0, 0.05) is 6.54 Å². The summed E-state index contributed by atoms with van der Waals surface area (Å²) in [7, 11) is 0. The maximum Gasteiger partial charge on any atom is 0.335 e. The Kier molecular flexibility index (Phi) is 4.67. The molecule has 1 aromatic rings. The molecule has 5 N–H and O–H groups in total. The Labute approximate surface area is 103 Å². The highest BCUT2D eigenvalue weighted by atomic mass is 16.4. The number of hydrogen-bond donors (Lipinski definition) is 4. The molecule has 0 heterocycles. The van der Waals surface area contributed by atoms with E-state index < -0.39 is 17.9 Å². The summed E-state index contributed by atoms with van der Waals surface area (Å²) < 4.78 is 0. The van der Waals surface area contributed by atoms with Crippen LogP contribution < -0.4 is 16.4 Å². The molecule has 0 bridgehead atoms. The Hall–Kier alpha value is -2.57. The van der Waals surface area contributed by atoms with Gasteiger partial charge < -0.3 is 21.5 Å². The minimum atomic E-state index is -1.03. The van der Waals surface area contributed by atoms with Crippen molar-refractivity contribution in [1.82, 2.24) is 10.6 Å². The molecule has 18 heavy (non-hydrogen) atoms. The predicted octanol–water partition coefficient (Wildman–Crippen LogP) is -0.331. The number of carbonyl (C=O) groups excluding carboxylic acids is 2. The summed E-state index contributed by atoms with van der Waals surface area (Å²) in [6.07, 6.45) is 0. The van der Waals surface area contributed by atoms with E-state index in [2.05, 4.69) is 10.6 Å². The summed E-state index contributed by atoms with van der Waals surface area (Å²) in [6, 6.07) is 5.63. The molecule has 0 aliphatic heterocycles. The zero-order chi connectivity index (χ0) is 13.5. The largest absolute Gasteiger partial charge is 0.478 e. The fraction of sp³-hybridized carbons (Fsp3) is 0.182. The fourth-order valence-electron chi connectivity index (χ4n) is 1.23. The van der Waals surface area contributed by atoms with Crippen LogP contribution in [-0.2, 0) is 11.3 Å². The van der Waals surface area contributed by atoms with Crippen molar-refractivity contribution in [2.24, 2.45) is 5.73 Å². The molecule has 0 aliphatic carbocycles. The normalized spacial score (nSPS) is 9.56. The van der Waals surface area contributed by atoms with Gasteiger partial charge in [-0.05, 0) is 17.7 Å². The zero-order valence-electron chi connectivity index (χ0n) is 9.47. The van der Waals surface area contributed by atoms with Crippen LogP contribution in [0, 0.1) is 0 Å². The van der Waals surface area contributed by atoms with Gasteiger partial charge in [-0.3, -0.25) is 4.79 Å². The zero-order valence-corrected chi connectivity index (χ0v) is 9.47. The molecular formula is C11H13N3O4. The topological polar surface area (TPSA) is 122 Å². The number of aromatic carboxylic acids is 1. The van der Waals surface area contributed by atoms with E-state index in [1.165, 1.54) is 12.1 Å². The van der Waals surface area contributed by atoms with Crippen molar-refractivity contribution in [3.8, 4) is 0 Å². The molecule has 0 aliphatic rings. The first kappa shape index (κ1) is 13.5. The molecular weight excluding hydrogens is 238 g/mol. The van der Waals surface area contributed by atoms with Gasteiger partial charge in [-0.25, -0.2) is 9.59 Å². The van der Waals surface area contributed by atoms with Crippen molar-refractivity contribution in [2.75, 3.05) is 6.54 Å². The van der Waals surface area contributed by atoms with Crippen LogP contribution in [0.25, 0.3) is 0 Å². The number of hydrogen-bond acceptors (Lipinski definition) is 3. The van der Waals surface area contributed by atoms with Crippen LogP contribution >= 0.6 is 0 Å². The van der Waals surface area contributed by atoms with Crippen LogP contribution in [0.5, 0.6) is 0 Å². The van der Waals surface area contributed by atoms with Gasteiger partial charge in [-0.15, -0.1) is 0 Å². The smallest absolute Gasteiger partial charge is 0.335 e. The number of carbonyl (C=O) groups is 3. The van der Waals surface area contributed by atoms with E-state index in [4.69, 9.17) is 10.8 Å². The summed E-state index contributed by atoms with van der Waals surface area (Å²) in [5.74, 6) is -1.67. The number of nitrogens with one attached hydrogen (secondary N) is 2. The van der Waals surface area contributed by atoms with Crippen LogP contribution in [0.15, 0.2) is 24.3 Å². The summed E-state index contributed by atoms with van der Waals surface area (Å²) in [4.78, 5) is 32.3. The number of nitrogens with two attached hydrogens (primary N) is 1. The van der Waals surface area contributed by atoms with Gasteiger partial charge in [0.2, 0.25) is 5.91 Å². The minimum absolute atomic E-state index is 0.145. The summed E-state index contributed by atoms with van der Waals surface area (Å²) in [5, 5.41) is 13.5. The first-order valence-corrected chi connectivity index (χ1v) is 5.11. The molecule has 0 radical (unpaired) electrons. The molecule has 0 unspecified atom stereocenters. The molecule has 3 amide bonds. The number of amides is 3. The van der Waals surface area contributed by atoms with E-state index in [0.717, 1.165) is 0 Å². The van der Waals surface area contributed by atoms with Crippen molar-refractivity contribution in [3.05, 3.63) is 35.4 Å². The van der Waals surface area contributed by atoms with Crippen LogP contribution in [0.1, 0.15) is 15.9 Å². The summed E-state index contributed by atoms with van der Waals surface area (Å²) in [5.41, 5.74) is 5.64. The molecule has 96 valence electrons. The summed E-state index contributed by atoms with van der Waals surface area (Å²) >= 11 is 0. The van der Waals surface area contributed by atoms with Gasteiger partial charge in [-0.1, -0.05) is 12.1 Å². The number of benzene rings is 1. The van der Waals surface area contributed by atoms with E-state index in [0.29, 0.717) is 5.56 Å². The first-order valence-electron chi connectivity index (χ1n) is 5.11. The molecule has 0 fully saturated rings. The van der Waals surface area contributed by atoms with E-state index in [9.17, 15) is 14.4 Å². The van der Waals surface area contributed by atoms with Crippen molar-refractivity contribution in [3.63, 3.8) is 0 Å². The van der Waals surface area contributed by atoms with Crippen molar-refractivity contribution in [1.29, 1.82) is 0 Å². The van der Waals surface area contributed by atoms with Crippen molar-refractivity contribution < 1.29 is 19.5 Å². The lowest BCUT2D eigenvalue weighted by atomic mass is 10.1. The van der Waals surface area contributed by atoms with Crippen molar-refractivity contribution >= 4 is 17.9 Å². The van der Waals surface area contributed by atoms with Crippen LogP contribution in [-0.4, -0.2) is 29.6 Å². The third-order valence-corrected chi connectivity index (χ3v) is 2.05. The third-order valence-electron chi connectivity index (χ3n) is 2.05. The molecule has 0 saturated heterocycles. The lowest BCUT2D eigenvalue weighted by Gasteiger charge is -2.06. The molecule has 1 rings (SSSR count). The molecule has 0 spiro atoms. The SMILES string of the molecule is NC(=O)CNC(=O)NCc1cccc(C(=O)O)c1. The lowest BCUT2D eigenvalue weighted by Crippen LogP contribution is -2.40. The fourth-order valence-corrected chi connectivity index (χ4v) is 1.23. The van der Waals surface area contributed by atoms with Crippen LogP contribution in [0.4, 0.5) is 4.79 Å². The quantitative estimate of drug-likeness (QED) is 0.572. The predicted molar refractivity (Wildman–Crippen MR) is 62.8 cm³/mol. The number of carboxylic acid groups (broad SMARTS) is 1. The molecule has 1 aromatic carbocycles. The molecule has 7 nitrogen and oxygen atoms in total. The third kappa shape index (κ3) is 4.52. The van der Waals surface area contributed by atoms with Crippen LogP contribution in [0.2, 0.25) is 0 Å². The van der Waals surface area contributed by atoms with E-state index in [1.54, 1.807) is 12.1 Å². The van der Waals surface area contributed by atoms with Gasteiger partial charge in [0.15, 0.2) is 0 Å². The number of carboxylic acids is 1. The Morgan fingerprint density at radius 3 is 2.56 bits per heavy atom. The maximum absolute atomic E-state index is 11.2. The van der Waals surface area contributed by atoms with Gasteiger partial charge in [0.05, 0.1) is 12.1 Å². The molecule has 7 heteroatoms.